The summed E-state index contributed by atoms with van der Waals surface area (Å²) in [4.78, 5) is 37.4. The summed E-state index contributed by atoms with van der Waals surface area (Å²) in [5, 5.41) is 0. The Labute approximate surface area is 218 Å². The van der Waals surface area contributed by atoms with Crippen molar-refractivity contribution < 1.29 is 9.59 Å². The van der Waals surface area contributed by atoms with Gasteiger partial charge in [-0.1, -0.05) is 78.4 Å². The lowest BCUT2D eigenvalue weighted by molar-refractivity contribution is -0.136. The zero-order chi connectivity index (χ0) is 26.1. The lowest BCUT2D eigenvalue weighted by Gasteiger charge is -2.26. The zero-order valence-corrected chi connectivity index (χ0v) is 23.2. The van der Waals surface area contributed by atoms with Gasteiger partial charge in [-0.2, -0.15) is 0 Å². The van der Waals surface area contributed by atoms with Crippen LogP contribution in [0.2, 0.25) is 0 Å². The minimum atomic E-state index is -0.00387. The monoisotopic (exact) mass is 493 g/mol. The van der Waals surface area contributed by atoms with Crippen molar-refractivity contribution in [2.75, 3.05) is 6.54 Å². The van der Waals surface area contributed by atoms with E-state index < -0.39 is 0 Å². The van der Waals surface area contributed by atoms with E-state index in [0.717, 1.165) is 30.7 Å². The Hall–Kier alpha value is -2.30. The zero-order valence-electron chi connectivity index (χ0n) is 23.2. The van der Waals surface area contributed by atoms with Crippen LogP contribution in [0.25, 0.3) is 5.57 Å². The highest BCUT2D eigenvalue weighted by Crippen LogP contribution is 2.35. The first-order valence-corrected chi connectivity index (χ1v) is 14.3. The van der Waals surface area contributed by atoms with Crippen LogP contribution in [0.5, 0.6) is 0 Å². The topological polar surface area (TPSA) is 63.2 Å². The van der Waals surface area contributed by atoms with Gasteiger partial charge >= 0.3 is 0 Å². The van der Waals surface area contributed by atoms with Gasteiger partial charge in [0.15, 0.2) is 11.6 Å². The predicted octanol–water partition coefficient (Wildman–Crippen LogP) is 7.20. The summed E-state index contributed by atoms with van der Waals surface area (Å²) < 4.78 is 0. The number of nitrogens with zero attached hydrogens (tertiary/aromatic N) is 3. The van der Waals surface area contributed by atoms with Crippen LogP contribution in [0.1, 0.15) is 127 Å². The second-order valence-corrected chi connectivity index (χ2v) is 11.2. The van der Waals surface area contributed by atoms with Crippen LogP contribution in [0.4, 0.5) is 0 Å². The largest absolute Gasteiger partial charge is 0.336 e. The van der Waals surface area contributed by atoms with Gasteiger partial charge < -0.3 is 4.90 Å². The molecule has 1 saturated carbocycles. The molecule has 2 unspecified atom stereocenters. The van der Waals surface area contributed by atoms with Crippen LogP contribution in [0.15, 0.2) is 18.7 Å². The molecule has 198 valence electrons. The quantitative estimate of drug-likeness (QED) is 0.377. The van der Waals surface area contributed by atoms with Gasteiger partial charge in [0, 0.05) is 24.8 Å². The van der Waals surface area contributed by atoms with Gasteiger partial charge in [0.25, 0.3) is 0 Å². The molecule has 0 radical (unpaired) electrons. The molecular weight excluding hydrogens is 446 g/mol. The second-order valence-electron chi connectivity index (χ2n) is 11.2. The fourth-order valence-electron chi connectivity index (χ4n) is 5.62. The molecule has 1 fully saturated rings. The molecule has 1 aliphatic heterocycles. The molecule has 1 aromatic rings. The molecule has 5 heteroatoms. The maximum Gasteiger partial charge on any atom is 0.225 e. The first kappa shape index (κ1) is 28.3. The number of amides is 1. The van der Waals surface area contributed by atoms with E-state index in [1.54, 1.807) is 0 Å². The van der Waals surface area contributed by atoms with E-state index in [0.29, 0.717) is 30.6 Å². The van der Waals surface area contributed by atoms with E-state index in [-0.39, 0.29) is 17.6 Å². The Balaban J connectivity index is 2.06. The van der Waals surface area contributed by atoms with E-state index in [2.05, 4.69) is 20.4 Å². The minimum absolute atomic E-state index is 0.00387. The number of carbonyl (C=O) groups excluding carboxylic acids is 2. The Kier molecular flexibility index (Phi) is 10.9. The Morgan fingerprint density at radius 2 is 1.72 bits per heavy atom. The minimum Gasteiger partial charge on any atom is -0.336 e. The van der Waals surface area contributed by atoms with Crippen molar-refractivity contribution in [2.24, 2.45) is 11.8 Å². The Morgan fingerprint density at radius 3 is 2.33 bits per heavy atom. The van der Waals surface area contributed by atoms with Crippen molar-refractivity contribution in [3.8, 4) is 0 Å². The lowest BCUT2D eigenvalue weighted by Crippen LogP contribution is -2.36. The summed E-state index contributed by atoms with van der Waals surface area (Å²) in [6.07, 6.45) is 16.8. The van der Waals surface area contributed by atoms with Crippen LogP contribution in [0.3, 0.4) is 0 Å². The summed E-state index contributed by atoms with van der Waals surface area (Å²) in [5.41, 5.74) is 4.42. The summed E-state index contributed by atoms with van der Waals surface area (Å²) in [6.45, 7) is 13.3. The molecule has 0 saturated heterocycles. The van der Waals surface area contributed by atoms with Crippen LogP contribution in [-0.4, -0.2) is 33.1 Å². The van der Waals surface area contributed by atoms with Gasteiger partial charge in [0.1, 0.15) is 0 Å². The highest BCUT2D eigenvalue weighted by molar-refractivity contribution is 5.91. The molecule has 2 atom stereocenters. The number of aromatic nitrogens is 2. The third-order valence-corrected chi connectivity index (χ3v) is 8.08. The van der Waals surface area contributed by atoms with E-state index in [1.165, 1.54) is 75.1 Å². The average molecular weight is 494 g/mol. The van der Waals surface area contributed by atoms with E-state index in [9.17, 15) is 9.59 Å². The fraction of sp³-hybridized carbons (Fsp3) is 0.677. The fourth-order valence-corrected chi connectivity index (χ4v) is 5.62. The average Bonchev–Trinajstić information content (AvgIpc) is 3.06. The van der Waals surface area contributed by atoms with Gasteiger partial charge in [-0.25, -0.2) is 9.97 Å². The summed E-state index contributed by atoms with van der Waals surface area (Å²) >= 11 is 0. The first-order chi connectivity index (χ1) is 17.3. The van der Waals surface area contributed by atoms with Crippen molar-refractivity contribution in [3.05, 3.63) is 41.5 Å². The van der Waals surface area contributed by atoms with Gasteiger partial charge in [-0.3, -0.25) is 9.59 Å². The SMILES string of the molecule is C=CC(=O)C/C=C(\C)c1nc2c(c(C3CCCCCCCCC3)n1)CC(C)CN(C(=O)C(C)CC)C2. The van der Waals surface area contributed by atoms with E-state index in [1.807, 2.05) is 24.8 Å². The second kappa shape index (κ2) is 13.9. The highest BCUT2D eigenvalue weighted by Gasteiger charge is 2.30. The molecule has 0 aromatic carbocycles. The molecule has 2 heterocycles. The molecule has 1 amide bonds. The lowest BCUT2D eigenvalue weighted by atomic mass is 9.85. The van der Waals surface area contributed by atoms with Crippen LogP contribution in [-0.2, 0) is 22.6 Å². The number of carbonyl (C=O) groups is 2. The van der Waals surface area contributed by atoms with Crippen molar-refractivity contribution in [3.63, 3.8) is 0 Å². The molecule has 0 spiro atoms. The molecule has 5 nitrogen and oxygen atoms in total. The van der Waals surface area contributed by atoms with E-state index >= 15 is 0 Å². The normalized spacial score (nSPS) is 21.3. The number of rotatable bonds is 7. The Bertz CT molecular complexity index is 941. The maximum absolute atomic E-state index is 13.2. The molecule has 2 aliphatic rings. The van der Waals surface area contributed by atoms with Gasteiger partial charge in [-0.15, -0.1) is 0 Å². The Morgan fingerprint density at radius 1 is 1.08 bits per heavy atom. The summed E-state index contributed by atoms with van der Waals surface area (Å²) in [7, 11) is 0. The molecule has 0 N–H and O–H groups in total. The van der Waals surface area contributed by atoms with Crippen molar-refractivity contribution in [2.45, 2.75) is 117 Å². The maximum atomic E-state index is 13.2. The smallest absolute Gasteiger partial charge is 0.225 e. The predicted molar refractivity (Wildman–Crippen MR) is 148 cm³/mol. The summed E-state index contributed by atoms with van der Waals surface area (Å²) in [6, 6.07) is 0. The third-order valence-electron chi connectivity index (χ3n) is 8.08. The van der Waals surface area contributed by atoms with Crippen molar-refractivity contribution in [1.82, 2.24) is 14.9 Å². The standard InChI is InChI=1S/C31H47N3O2/c1-6-23(4)31(36)34-20-22(3)19-27-28(21-34)32-30(24(5)17-18-26(35)7-2)33-29(27)25-15-13-11-9-8-10-12-14-16-25/h7,17,22-23,25H,2,6,8-16,18-21H2,1,3-5H3/b24-17+. The molecule has 1 aliphatic carbocycles. The molecule has 3 rings (SSSR count). The van der Waals surface area contributed by atoms with Crippen LogP contribution < -0.4 is 0 Å². The highest BCUT2D eigenvalue weighted by atomic mass is 16.2. The van der Waals surface area contributed by atoms with E-state index in [4.69, 9.17) is 9.97 Å². The number of hydrogen-bond acceptors (Lipinski definition) is 4. The van der Waals surface area contributed by atoms with Crippen LogP contribution in [0, 0.1) is 11.8 Å². The molecular formula is C31H47N3O2. The third kappa shape index (κ3) is 7.60. The summed E-state index contributed by atoms with van der Waals surface area (Å²) in [5.74, 6) is 1.75. The number of ketones is 1. The number of fused-ring (bicyclic) bond motifs is 1. The first-order valence-electron chi connectivity index (χ1n) is 14.3. The molecule has 1 aromatic heterocycles. The van der Waals surface area contributed by atoms with Crippen molar-refractivity contribution >= 4 is 17.3 Å². The molecule has 0 bridgehead atoms. The van der Waals surface area contributed by atoms with Gasteiger partial charge in [-0.05, 0) is 55.7 Å². The number of hydrogen-bond donors (Lipinski definition) is 0. The molecule has 36 heavy (non-hydrogen) atoms. The number of allylic oxidation sites excluding steroid dienone is 3. The van der Waals surface area contributed by atoms with Crippen LogP contribution >= 0.6 is 0 Å². The van der Waals surface area contributed by atoms with Gasteiger partial charge in [0.2, 0.25) is 5.91 Å². The van der Waals surface area contributed by atoms with Gasteiger partial charge in [0.05, 0.1) is 17.9 Å². The van der Waals surface area contributed by atoms with Crippen molar-refractivity contribution in [1.29, 1.82) is 0 Å².